The molecule has 0 amide bonds. The fraction of sp³-hybridized carbons (Fsp3) is 0.286. The van der Waals surface area contributed by atoms with Gasteiger partial charge in [-0.05, 0) is 49.9 Å². The monoisotopic (exact) mass is 257 g/mol. The van der Waals surface area contributed by atoms with Gasteiger partial charge in [0, 0.05) is 11.3 Å². The average Bonchev–Trinajstić information content (AvgIpc) is 2.81. The van der Waals surface area contributed by atoms with Gasteiger partial charge >= 0.3 is 0 Å². The standard InChI is InChI=1S/C14H15N3O2/c1-8-7-9(18)5-6-11(8)15-14-16-12-4-2-3-10(12)13(19)17-14/h5-7,18H,2-4H2,1H3,(H2,15,16,17,19). The summed E-state index contributed by atoms with van der Waals surface area (Å²) in [5, 5.41) is 12.5. The summed E-state index contributed by atoms with van der Waals surface area (Å²) in [4.78, 5) is 19.1. The van der Waals surface area contributed by atoms with Crippen molar-refractivity contribution in [2.75, 3.05) is 5.32 Å². The molecular formula is C14H15N3O2. The lowest BCUT2D eigenvalue weighted by Gasteiger charge is -2.09. The number of benzene rings is 1. The molecule has 0 unspecified atom stereocenters. The Bertz CT molecular complexity index is 692. The lowest BCUT2D eigenvalue weighted by molar-refractivity contribution is 0.475. The molecule has 0 atom stereocenters. The molecule has 0 aliphatic heterocycles. The van der Waals surface area contributed by atoms with Crippen molar-refractivity contribution in [1.82, 2.24) is 9.97 Å². The van der Waals surface area contributed by atoms with Crippen LogP contribution in [-0.4, -0.2) is 15.1 Å². The number of nitrogens with zero attached hydrogens (tertiary/aromatic N) is 1. The molecule has 0 fully saturated rings. The number of phenolic OH excluding ortho intramolecular Hbond substituents is 1. The summed E-state index contributed by atoms with van der Waals surface area (Å²) in [5.41, 5.74) is 3.36. The van der Waals surface area contributed by atoms with Gasteiger partial charge in [-0.25, -0.2) is 4.98 Å². The molecule has 0 saturated carbocycles. The number of aromatic hydroxyl groups is 1. The normalized spacial score (nSPS) is 13.3. The summed E-state index contributed by atoms with van der Waals surface area (Å²) in [6.45, 7) is 1.88. The van der Waals surface area contributed by atoms with Crippen LogP contribution in [0.15, 0.2) is 23.0 Å². The van der Waals surface area contributed by atoms with Crippen LogP contribution >= 0.6 is 0 Å². The number of nitrogens with one attached hydrogen (secondary N) is 2. The van der Waals surface area contributed by atoms with Crippen LogP contribution in [0.2, 0.25) is 0 Å². The molecular weight excluding hydrogens is 242 g/mol. The second-order valence-electron chi connectivity index (χ2n) is 4.82. The molecule has 0 saturated heterocycles. The molecule has 1 heterocycles. The zero-order valence-electron chi connectivity index (χ0n) is 10.7. The lowest BCUT2D eigenvalue weighted by Crippen LogP contribution is -2.16. The van der Waals surface area contributed by atoms with Gasteiger partial charge in [0.05, 0.1) is 5.69 Å². The zero-order valence-corrected chi connectivity index (χ0v) is 10.7. The summed E-state index contributed by atoms with van der Waals surface area (Å²) < 4.78 is 0. The van der Waals surface area contributed by atoms with Crippen LogP contribution in [-0.2, 0) is 12.8 Å². The molecule has 3 rings (SSSR count). The van der Waals surface area contributed by atoms with Crippen LogP contribution < -0.4 is 10.9 Å². The van der Waals surface area contributed by atoms with Crippen LogP contribution in [0.1, 0.15) is 23.2 Å². The minimum absolute atomic E-state index is 0.0542. The van der Waals surface area contributed by atoms with E-state index in [0.29, 0.717) is 5.95 Å². The van der Waals surface area contributed by atoms with E-state index >= 15 is 0 Å². The predicted octanol–water partition coefficient (Wildman–Crippen LogP) is 2.02. The molecule has 0 radical (unpaired) electrons. The molecule has 19 heavy (non-hydrogen) atoms. The molecule has 1 aromatic heterocycles. The Balaban J connectivity index is 1.96. The van der Waals surface area contributed by atoms with Crippen molar-refractivity contribution < 1.29 is 5.11 Å². The Hall–Kier alpha value is -2.30. The largest absolute Gasteiger partial charge is 0.508 e. The maximum absolute atomic E-state index is 11.9. The van der Waals surface area contributed by atoms with Crippen molar-refractivity contribution in [3.05, 3.63) is 45.4 Å². The molecule has 1 aliphatic carbocycles. The Labute approximate surface area is 110 Å². The Morgan fingerprint density at radius 1 is 1.37 bits per heavy atom. The number of aromatic amines is 1. The van der Waals surface area contributed by atoms with E-state index in [1.54, 1.807) is 18.2 Å². The number of phenols is 1. The average molecular weight is 257 g/mol. The molecule has 1 aromatic carbocycles. The summed E-state index contributed by atoms with van der Waals surface area (Å²) >= 11 is 0. The van der Waals surface area contributed by atoms with Crippen molar-refractivity contribution in [2.24, 2.45) is 0 Å². The molecule has 98 valence electrons. The van der Waals surface area contributed by atoms with Gasteiger partial charge in [0.2, 0.25) is 5.95 Å². The van der Waals surface area contributed by atoms with E-state index in [1.165, 1.54) is 0 Å². The smallest absolute Gasteiger partial charge is 0.255 e. The first-order valence-electron chi connectivity index (χ1n) is 6.32. The van der Waals surface area contributed by atoms with E-state index in [1.807, 2.05) is 6.92 Å². The molecule has 1 aliphatic rings. The minimum Gasteiger partial charge on any atom is -0.508 e. The summed E-state index contributed by atoms with van der Waals surface area (Å²) in [6.07, 6.45) is 2.67. The molecule has 5 nitrogen and oxygen atoms in total. The lowest BCUT2D eigenvalue weighted by atomic mass is 10.2. The molecule has 3 N–H and O–H groups in total. The van der Waals surface area contributed by atoms with Gasteiger partial charge in [0.25, 0.3) is 5.56 Å². The van der Waals surface area contributed by atoms with Crippen LogP contribution in [0.3, 0.4) is 0 Å². The number of anilines is 2. The van der Waals surface area contributed by atoms with Crippen molar-refractivity contribution >= 4 is 11.6 Å². The van der Waals surface area contributed by atoms with Crippen molar-refractivity contribution in [3.63, 3.8) is 0 Å². The molecule has 0 spiro atoms. The number of aromatic nitrogens is 2. The number of rotatable bonds is 2. The highest BCUT2D eigenvalue weighted by molar-refractivity contribution is 5.59. The maximum atomic E-state index is 11.9. The SMILES string of the molecule is Cc1cc(O)ccc1Nc1nc2c(c(=O)[nH]1)CCC2. The zero-order chi connectivity index (χ0) is 13.4. The van der Waals surface area contributed by atoms with Gasteiger partial charge in [-0.2, -0.15) is 0 Å². The maximum Gasteiger partial charge on any atom is 0.255 e. The first-order chi connectivity index (χ1) is 9.13. The van der Waals surface area contributed by atoms with Gasteiger partial charge in [0.15, 0.2) is 0 Å². The highest BCUT2D eigenvalue weighted by Gasteiger charge is 2.17. The predicted molar refractivity (Wildman–Crippen MR) is 73.0 cm³/mol. The number of hydrogen-bond acceptors (Lipinski definition) is 4. The van der Waals surface area contributed by atoms with E-state index in [-0.39, 0.29) is 11.3 Å². The van der Waals surface area contributed by atoms with Crippen molar-refractivity contribution in [3.8, 4) is 5.75 Å². The van der Waals surface area contributed by atoms with E-state index < -0.39 is 0 Å². The van der Waals surface area contributed by atoms with Gasteiger partial charge in [-0.3, -0.25) is 9.78 Å². The van der Waals surface area contributed by atoms with Crippen molar-refractivity contribution in [1.29, 1.82) is 0 Å². The van der Waals surface area contributed by atoms with Gasteiger partial charge < -0.3 is 10.4 Å². The number of H-pyrrole nitrogens is 1. The Morgan fingerprint density at radius 2 is 2.21 bits per heavy atom. The number of fused-ring (bicyclic) bond motifs is 1. The Kier molecular flexibility index (Phi) is 2.74. The van der Waals surface area contributed by atoms with Gasteiger partial charge in [-0.1, -0.05) is 0 Å². The molecule has 5 heteroatoms. The van der Waals surface area contributed by atoms with Gasteiger partial charge in [0.1, 0.15) is 5.75 Å². The number of hydrogen-bond donors (Lipinski definition) is 3. The topological polar surface area (TPSA) is 78.0 Å². The fourth-order valence-corrected chi connectivity index (χ4v) is 2.42. The third kappa shape index (κ3) is 2.19. The highest BCUT2D eigenvalue weighted by Crippen LogP contribution is 2.23. The molecule has 0 bridgehead atoms. The van der Waals surface area contributed by atoms with E-state index in [0.717, 1.165) is 41.8 Å². The second kappa shape index (κ2) is 4.42. The van der Waals surface area contributed by atoms with Crippen LogP contribution in [0, 0.1) is 6.92 Å². The summed E-state index contributed by atoms with van der Waals surface area (Å²) in [6, 6.07) is 5.02. The number of aryl methyl sites for hydroxylation is 2. The fourth-order valence-electron chi connectivity index (χ4n) is 2.42. The van der Waals surface area contributed by atoms with E-state index in [4.69, 9.17) is 0 Å². The van der Waals surface area contributed by atoms with E-state index in [9.17, 15) is 9.90 Å². The van der Waals surface area contributed by atoms with Crippen LogP contribution in [0.25, 0.3) is 0 Å². The van der Waals surface area contributed by atoms with Crippen molar-refractivity contribution in [2.45, 2.75) is 26.2 Å². The van der Waals surface area contributed by atoms with E-state index in [2.05, 4.69) is 15.3 Å². The van der Waals surface area contributed by atoms with Gasteiger partial charge in [-0.15, -0.1) is 0 Å². The minimum atomic E-state index is -0.0542. The third-order valence-corrected chi connectivity index (χ3v) is 3.40. The highest BCUT2D eigenvalue weighted by atomic mass is 16.3. The second-order valence-corrected chi connectivity index (χ2v) is 4.82. The first-order valence-corrected chi connectivity index (χ1v) is 6.32. The first kappa shape index (κ1) is 11.8. The summed E-state index contributed by atoms with van der Waals surface area (Å²) in [7, 11) is 0. The third-order valence-electron chi connectivity index (χ3n) is 3.40. The Morgan fingerprint density at radius 3 is 3.00 bits per heavy atom. The van der Waals surface area contributed by atoms with Crippen LogP contribution in [0.4, 0.5) is 11.6 Å². The summed E-state index contributed by atoms with van der Waals surface area (Å²) in [5.74, 6) is 0.679. The van der Waals surface area contributed by atoms with Crippen LogP contribution in [0.5, 0.6) is 5.75 Å². The molecule has 2 aromatic rings. The quantitative estimate of drug-likeness (QED) is 0.719.